The van der Waals surface area contributed by atoms with Crippen LogP contribution in [-0.2, 0) is 23.9 Å². The Kier molecular flexibility index (Phi) is 7.96. The van der Waals surface area contributed by atoms with E-state index in [1.165, 1.54) is 14.0 Å². The van der Waals surface area contributed by atoms with Crippen molar-refractivity contribution in [2.75, 3.05) is 13.7 Å². The molecule has 0 saturated carbocycles. The third-order valence-corrected chi connectivity index (χ3v) is 2.10. The van der Waals surface area contributed by atoms with Crippen molar-refractivity contribution in [1.82, 2.24) is 0 Å². The van der Waals surface area contributed by atoms with Crippen molar-refractivity contribution in [3.63, 3.8) is 0 Å². The Labute approximate surface area is 99.9 Å². The molecular weight excluding hydrogens is 228 g/mol. The molecule has 0 aromatic rings. The molecule has 0 bridgehead atoms. The van der Waals surface area contributed by atoms with Gasteiger partial charge in [0.15, 0.2) is 11.9 Å². The number of rotatable bonds is 9. The molecule has 0 radical (unpaired) electrons. The molecule has 0 aromatic heterocycles. The van der Waals surface area contributed by atoms with Gasteiger partial charge in [-0.05, 0) is 26.2 Å². The standard InChI is InChI=1S/C11H18O6/c1-8(12)9(17-11(15)7-16-2)5-3-4-6-10(13)14/h9H,3-7H2,1-2H3,(H,13,14). The average Bonchev–Trinajstić information content (AvgIpc) is 2.22. The SMILES string of the molecule is COCC(=O)OC(CCCCC(=O)O)C(C)=O. The van der Waals surface area contributed by atoms with E-state index < -0.39 is 18.0 Å². The number of carboxylic acid groups (broad SMARTS) is 1. The summed E-state index contributed by atoms with van der Waals surface area (Å²) >= 11 is 0. The first-order chi connectivity index (χ1) is 7.97. The molecule has 1 unspecified atom stereocenters. The van der Waals surface area contributed by atoms with Gasteiger partial charge in [0.05, 0.1) is 0 Å². The first kappa shape index (κ1) is 15.6. The monoisotopic (exact) mass is 246 g/mol. The van der Waals surface area contributed by atoms with Gasteiger partial charge in [-0.3, -0.25) is 9.59 Å². The second kappa shape index (κ2) is 8.69. The Morgan fingerprint density at radius 3 is 2.35 bits per heavy atom. The first-order valence-corrected chi connectivity index (χ1v) is 5.38. The number of ether oxygens (including phenoxy) is 2. The summed E-state index contributed by atoms with van der Waals surface area (Å²) < 4.78 is 9.48. The van der Waals surface area contributed by atoms with Crippen LogP contribution in [0.3, 0.4) is 0 Å². The largest absolute Gasteiger partial charge is 0.481 e. The third-order valence-electron chi connectivity index (χ3n) is 2.10. The maximum atomic E-state index is 11.2. The van der Waals surface area contributed by atoms with Crippen molar-refractivity contribution < 1.29 is 29.0 Å². The zero-order valence-electron chi connectivity index (χ0n) is 10.1. The molecule has 0 amide bonds. The van der Waals surface area contributed by atoms with E-state index in [0.29, 0.717) is 19.3 Å². The topological polar surface area (TPSA) is 89.9 Å². The molecule has 0 saturated heterocycles. The van der Waals surface area contributed by atoms with Crippen LogP contribution in [0.15, 0.2) is 0 Å². The van der Waals surface area contributed by atoms with Crippen molar-refractivity contribution in [3.8, 4) is 0 Å². The van der Waals surface area contributed by atoms with Gasteiger partial charge in [-0.2, -0.15) is 0 Å². The number of methoxy groups -OCH3 is 1. The molecule has 0 aliphatic carbocycles. The molecule has 1 atom stereocenters. The van der Waals surface area contributed by atoms with E-state index in [0.717, 1.165) is 0 Å². The van der Waals surface area contributed by atoms with Crippen LogP contribution in [-0.4, -0.2) is 42.6 Å². The molecule has 0 aliphatic rings. The van der Waals surface area contributed by atoms with Gasteiger partial charge in [-0.1, -0.05) is 0 Å². The van der Waals surface area contributed by atoms with Crippen molar-refractivity contribution in [2.45, 2.75) is 38.7 Å². The number of carboxylic acids is 1. The smallest absolute Gasteiger partial charge is 0.332 e. The molecule has 17 heavy (non-hydrogen) atoms. The number of aliphatic carboxylic acids is 1. The van der Waals surface area contributed by atoms with Crippen LogP contribution in [0.5, 0.6) is 0 Å². The van der Waals surface area contributed by atoms with Crippen LogP contribution >= 0.6 is 0 Å². The minimum atomic E-state index is -0.874. The Hall–Kier alpha value is -1.43. The Morgan fingerprint density at radius 1 is 1.24 bits per heavy atom. The lowest BCUT2D eigenvalue weighted by atomic mass is 10.1. The molecule has 6 nitrogen and oxygen atoms in total. The van der Waals surface area contributed by atoms with Gasteiger partial charge in [0.2, 0.25) is 0 Å². The van der Waals surface area contributed by atoms with Crippen LogP contribution in [0.2, 0.25) is 0 Å². The fraction of sp³-hybridized carbons (Fsp3) is 0.727. The van der Waals surface area contributed by atoms with Crippen LogP contribution in [0.1, 0.15) is 32.6 Å². The van der Waals surface area contributed by atoms with Gasteiger partial charge in [0.1, 0.15) is 6.61 Å². The fourth-order valence-corrected chi connectivity index (χ4v) is 1.26. The van der Waals surface area contributed by atoms with Crippen LogP contribution < -0.4 is 0 Å². The number of Topliss-reactive ketones (excluding diaryl/α,β-unsaturated/α-hetero) is 1. The van der Waals surface area contributed by atoms with Crippen LogP contribution in [0.4, 0.5) is 0 Å². The maximum absolute atomic E-state index is 11.2. The Morgan fingerprint density at radius 2 is 1.88 bits per heavy atom. The highest BCUT2D eigenvalue weighted by Crippen LogP contribution is 2.08. The van der Waals surface area contributed by atoms with E-state index in [1.54, 1.807) is 0 Å². The molecule has 6 heteroatoms. The zero-order chi connectivity index (χ0) is 13.3. The van der Waals surface area contributed by atoms with E-state index in [1.807, 2.05) is 0 Å². The molecule has 1 N–H and O–H groups in total. The number of carbonyl (C=O) groups excluding carboxylic acids is 2. The highest BCUT2D eigenvalue weighted by atomic mass is 16.6. The van der Waals surface area contributed by atoms with Crippen molar-refractivity contribution in [2.24, 2.45) is 0 Å². The molecule has 0 heterocycles. The lowest BCUT2D eigenvalue weighted by Crippen LogP contribution is -2.27. The van der Waals surface area contributed by atoms with E-state index in [4.69, 9.17) is 9.84 Å². The summed E-state index contributed by atoms with van der Waals surface area (Å²) in [4.78, 5) is 32.6. The number of hydrogen-bond donors (Lipinski definition) is 1. The summed E-state index contributed by atoms with van der Waals surface area (Å²) in [5.74, 6) is -1.71. The predicted molar refractivity (Wildman–Crippen MR) is 58.5 cm³/mol. The quantitative estimate of drug-likeness (QED) is 0.477. The number of carbonyl (C=O) groups is 3. The summed E-state index contributed by atoms with van der Waals surface area (Å²) in [7, 11) is 1.36. The Balaban J connectivity index is 3.95. The minimum Gasteiger partial charge on any atom is -0.481 e. The second-order valence-corrected chi connectivity index (χ2v) is 3.66. The molecule has 0 aliphatic heterocycles. The number of unbranched alkanes of at least 4 members (excludes halogenated alkanes) is 1. The minimum absolute atomic E-state index is 0.0522. The zero-order valence-corrected chi connectivity index (χ0v) is 10.1. The van der Waals surface area contributed by atoms with Crippen LogP contribution in [0.25, 0.3) is 0 Å². The summed E-state index contributed by atoms with van der Waals surface area (Å²) in [6, 6.07) is 0. The van der Waals surface area contributed by atoms with E-state index >= 15 is 0 Å². The number of hydrogen-bond acceptors (Lipinski definition) is 5. The molecule has 0 rings (SSSR count). The van der Waals surface area contributed by atoms with E-state index in [2.05, 4.69) is 4.74 Å². The van der Waals surface area contributed by atoms with E-state index in [9.17, 15) is 14.4 Å². The maximum Gasteiger partial charge on any atom is 0.332 e. The second-order valence-electron chi connectivity index (χ2n) is 3.66. The highest BCUT2D eigenvalue weighted by molar-refractivity contribution is 5.83. The lowest BCUT2D eigenvalue weighted by Gasteiger charge is -2.14. The van der Waals surface area contributed by atoms with Crippen molar-refractivity contribution in [3.05, 3.63) is 0 Å². The molecular formula is C11H18O6. The lowest BCUT2D eigenvalue weighted by molar-refractivity contribution is -0.158. The van der Waals surface area contributed by atoms with Crippen LogP contribution in [0, 0.1) is 0 Å². The van der Waals surface area contributed by atoms with Gasteiger partial charge in [0.25, 0.3) is 0 Å². The summed E-state index contributed by atoms with van der Waals surface area (Å²) in [5.41, 5.74) is 0. The first-order valence-electron chi connectivity index (χ1n) is 5.38. The number of esters is 1. The summed E-state index contributed by atoms with van der Waals surface area (Å²) in [5, 5.41) is 8.43. The molecule has 0 aromatic carbocycles. The summed E-state index contributed by atoms with van der Waals surface area (Å²) in [6.07, 6.45) is 0.582. The average molecular weight is 246 g/mol. The van der Waals surface area contributed by atoms with E-state index in [-0.39, 0.29) is 18.8 Å². The predicted octanol–water partition coefficient (Wildman–Crippen LogP) is 0.779. The normalized spacial score (nSPS) is 11.9. The molecule has 0 fully saturated rings. The van der Waals surface area contributed by atoms with Gasteiger partial charge in [-0.25, -0.2) is 4.79 Å². The highest BCUT2D eigenvalue weighted by Gasteiger charge is 2.18. The third kappa shape index (κ3) is 8.38. The van der Waals surface area contributed by atoms with Gasteiger partial charge >= 0.3 is 11.9 Å². The summed E-state index contributed by atoms with van der Waals surface area (Å²) in [6.45, 7) is 1.14. The van der Waals surface area contributed by atoms with Gasteiger partial charge in [0, 0.05) is 13.5 Å². The van der Waals surface area contributed by atoms with Crippen molar-refractivity contribution >= 4 is 17.7 Å². The molecule has 0 spiro atoms. The van der Waals surface area contributed by atoms with Gasteiger partial charge in [-0.15, -0.1) is 0 Å². The fourth-order valence-electron chi connectivity index (χ4n) is 1.26. The number of ketones is 1. The molecule has 98 valence electrons. The Bertz CT molecular complexity index is 273. The van der Waals surface area contributed by atoms with Crippen molar-refractivity contribution in [1.29, 1.82) is 0 Å². The van der Waals surface area contributed by atoms with Gasteiger partial charge < -0.3 is 14.6 Å².